The molecular weight excluding hydrogens is 347 g/mol. The predicted molar refractivity (Wildman–Crippen MR) is 103 cm³/mol. The van der Waals surface area contributed by atoms with Gasteiger partial charge in [0.15, 0.2) is 11.6 Å². The van der Waals surface area contributed by atoms with Crippen molar-refractivity contribution in [2.24, 2.45) is 5.92 Å². The van der Waals surface area contributed by atoms with Gasteiger partial charge in [-0.15, -0.1) is 0 Å². The molecule has 146 valence electrons. The molecule has 0 unspecified atom stereocenters. The lowest BCUT2D eigenvalue weighted by molar-refractivity contribution is 0.231. The SMILES string of the molecule is COc1ccc(-c2cc(CN3CCNCC3)c(=O)n(CC(C)C)n2)cc1F. The van der Waals surface area contributed by atoms with Crippen molar-refractivity contribution in [3.63, 3.8) is 0 Å². The molecule has 27 heavy (non-hydrogen) atoms. The predicted octanol–water partition coefficient (Wildman–Crippen LogP) is 2.12. The molecule has 0 aliphatic carbocycles. The van der Waals surface area contributed by atoms with Crippen molar-refractivity contribution in [3.05, 3.63) is 46.0 Å². The topological polar surface area (TPSA) is 59.4 Å². The number of hydrogen-bond acceptors (Lipinski definition) is 5. The molecule has 2 aromatic rings. The quantitative estimate of drug-likeness (QED) is 0.839. The molecule has 3 rings (SSSR count). The molecule has 0 bridgehead atoms. The highest BCUT2D eigenvalue weighted by atomic mass is 19.1. The average Bonchev–Trinajstić information content (AvgIpc) is 2.65. The lowest BCUT2D eigenvalue weighted by Gasteiger charge is -2.27. The van der Waals surface area contributed by atoms with Gasteiger partial charge < -0.3 is 10.1 Å². The first-order chi connectivity index (χ1) is 13.0. The summed E-state index contributed by atoms with van der Waals surface area (Å²) in [7, 11) is 1.44. The van der Waals surface area contributed by atoms with Gasteiger partial charge in [-0.3, -0.25) is 9.69 Å². The normalized spacial score (nSPS) is 15.3. The number of nitrogens with one attached hydrogen (secondary N) is 1. The van der Waals surface area contributed by atoms with Gasteiger partial charge in [-0.1, -0.05) is 13.8 Å². The number of piperazine rings is 1. The number of benzene rings is 1. The van der Waals surface area contributed by atoms with Gasteiger partial charge in [0, 0.05) is 50.4 Å². The van der Waals surface area contributed by atoms with E-state index in [0.29, 0.717) is 29.9 Å². The monoisotopic (exact) mass is 374 g/mol. The van der Waals surface area contributed by atoms with E-state index in [4.69, 9.17) is 4.74 Å². The Balaban J connectivity index is 2.00. The molecule has 2 heterocycles. The van der Waals surface area contributed by atoms with Crippen LogP contribution in [0.4, 0.5) is 4.39 Å². The van der Waals surface area contributed by atoms with Crippen LogP contribution in [0, 0.1) is 11.7 Å². The molecule has 0 radical (unpaired) electrons. The Labute approximate surface area is 159 Å². The largest absolute Gasteiger partial charge is 0.494 e. The van der Waals surface area contributed by atoms with Gasteiger partial charge in [0.2, 0.25) is 0 Å². The van der Waals surface area contributed by atoms with Crippen LogP contribution in [0.1, 0.15) is 19.4 Å². The van der Waals surface area contributed by atoms with Crippen LogP contribution >= 0.6 is 0 Å². The van der Waals surface area contributed by atoms with Crippen molar-refractivity contribution in [1.29, 1.82) is 0 Å². The average molecular weight is 374 g/mol. The van der Waals surface area contributed by atoms with Crippen LogP contribution in [0.15, 0.2) is 29.1 Å². The fraction of sp³-hybridized carbons (Fsp3) is 0.500. The Morgan fingerprint density at radius 1 is 1.26 bits per heavy atom. The smallest absolute Gasteiger partial charge is 0.271 e. The summed E-state index contributed by atoms with van der Waals surface area (Å²) in [5, 5.41) is 7.81. The summed E-state index contributed by atoms with van der Waals surface area (Å²) >= 11 is 0. The first-order valence-corrected chi connectivity index (χ1v) is 9.36. The second-order valence-corrected chi connectivity index (χ2v) is 7.31. The van der Waals surface area contributed by atoms with Gasteiger partial charge in [0.25, 0.3) is 5.56 Å². The molecule has 6 nitrogen and oxygen atoms in total. The Kier molecular flexibility index (Phi) is 6.23. The third-order valence-corrected chi connectivity index (χ3v) is 4.64. The molecule has 0 amide bonds. The van der Waals surface area contributed by atoms with Crippen LogP contribution in [-0.2, 0) is 13.1 Å². The van der Waals surface area contributed by atoms with Crippen molar-refractivity contribution in [2.45, 2.75) is 26.9 Å². The van der Waals surface area contributed by atoms with E-state index in [1.54, 1.807) is 18.2 Å². The highest BCUT2D eigenvalue weighted by molar-refractivity contribution is 5.60. The van der Waals surface area contributed by atoms with E-state index in [-0.39, 0.29) is 17.2 Å². The van der Waals surface area contributed by atoms with Crippen molar-refractivity contribution >= 4 is 0 Å². The number of nitrogens with zero attached hydrogens (tertiary/aromatic N) is 3. The number of rotatable bonds is 6. The van der Waals surface area contributed by atoms with E-state index in [1.807, 2.05) is 13.8 Å². The summed E-state index contributed by atoms with van der Waals surface area (Å²) in [4.78, 5) is 15.1. The van der Waals surface area contributed by atoms with E-state index < -0.39 is 5.82 Å². The van der Waals surface area contributed by atoms with Crippen LogP contribution in [0.3, 0.4) is 0 Å². The maximum atomic E-state index is 14.2. The highest BCUT2D eigenvalue weighted by Gasteiger charge is 2.17. The minimum Gasteiger partial charge on any atom is -0.494 e. The zero-order valence-electron chi connectivity index (χ0n) is 16.2. The fourth-order valence-corrected chi connectivity index (χ4v) is 3.26. The first-order valence-electron chi connectivity index (χ1n) is 9.36. The summed E-state index contributed by atoms with van der Waals surface area (Å²) < 4.78 is 20.7. The molecule has 0 atom stereocenters. The van der Waals surface area contributed by atoms with E-state index in [1.165, 1.54) is 17.9 Å². The molecule has 1 fully saturated rings. The zero-order chi connectivity index (χ0) is 19.4. The molecule has 1 aliphatic rings. The highest BCUT2D eigenvalue weighted by Crippen LogP contribution is 2.24. The molecule has 1 aromatic carbocycles. The number of aromatic nitrogens is 2. The van der Waals surface area contributed by atoms with Gasteiger partial charge in [-0.05, 0) is 30.2 Å². The fourth-order valence-electron chi connectivity index (χ4n) is 3.26. The zero-order valence-corrected chi connectivity index (χ0v) is 16.2. The van der Waals surface area contributed by atoms with Gasteiger partial charge in [-0.25, -0.2) is 9.07 Å². The standard InChI is InChI=1S/C20H27FN4O2/c1-14(2)12-25-20(26)16(13-24-8-6-22-7-9-24)11-18(23-25)15-4-5-19(27-3)17(21)10-15/h4-5,10-11,14,22H,6-9,12-13H2,1-3H3. The van der Waals surface area contributed by atoms with Crippen LogP contribution in [0.2, 0.25) is 0 Å². The minimum absolute atomic E-state index is 0.0695. The second kappa shape index (κ2) is 8.63. The number of hydrogen-bond donors (Lipinski definition) is 1. The van der Waals surface area contributed by atoms with Gasteiger partial charge in [-0.2, -0.15) is 5.10 Å². The van der Waals surface area contributed by atoms with E-state index >= 15 is 0 Å². The first kappa shape index (κ1) is 19.5. The van der Waals surface area contributed by atoms with E-state index in [9.17, 15) is 9.18 Å². The van der Waals surface area contributed by atoms with Crippen molar-refractivity contribution < 1.29 is 9.13 Å². The number of halogens is 1. The molecule has 0 spiro atoms. The summed E-state index contributed by atoms with van der Waals surface area (Å²) in [5.41, 5.74) is 1.85. The van der Waals surface area contributed by atoms with E-state index in [0.717, 1.165) is 26.2 Å². The Morgan fingerprint density at radius 3 is 2.63 bits per heavy atom. The maximum absolute atomic E-state index is 14.2. The molecule has 1 N–H and O–H groups in total. The molecule has 1 aliphatic heterocycles. The van der Waals surface area contributed by atoms with Crippen molar-refractivity contribution in [1.82, 2.24) is 20.0 Å². The van der Waals surface area contributed by atoms with E-state index in [2.05, 4.69) is 15.3 Å². The van der Waals surface area contributed by atoms with Gasteiger partial charge >= 0.3 is 0 Å². The minimum atomic E-state index is -0.443. The molecule has 1 saturated heterocycles. The van der Waals surface area contributed by atoms with Crippen molar-refractivity contribution in [3.8, 4) is 17.0 Å². The molecule has 1 aromatic heterocycles. The molecular formula is C20H27FN4O2. The van der Waals surface area contributed by atoms with Crippen LogP contribution in [0.25, 0.3) is 11.3 Å². The summed E-state index contributed by atoms with van der Waals surface area (Å²) in [5.74, 6) is 0.0300. The van der Waals surface area contributed by atoms with Crippen LogP contribution in [-0.4, -0.2) is 48.0 Å². The number of methoxy groups -OCH3 is 1. The number of ether oxygens (including phenoxy) is 1. The van der Waals surface area contributed by atoms with Crippen LogP contribution in [0.5, 0.6) is 5.75 Å². The van der Waals surface area contributed by atoms with Gasteiger partial charge in [0.05, 0.1) is 12.8 Å². The third-order valence-electron chi connectivity index (χ3n) is 4.64. The lowest BCUT2D eigenvalue weighted by atomic mass is 10.1. The lowest BCUT2D eigenvalue weighted by Crippen LogP contribution is -2.44. The van der Waals surface area contributed by atoms with Crippen LogP contribution < -0.4 is 15.6 Å². The maximum Gasteiger partial charge on any atom is 0.271 e. The van der Waals surface area contributed by atoms with Gasteiger partial charge in [0.1, 0.15) is 0 Å². The molecule has 7 heteroatoms. The Morgan fingerprint density at radius 2 is 2.00 bits per heavy atom. The molecule has 0 saturated carbocycles. The summed E-state index contributed by atoms with van der Waals surface area (Å²) in [6, 6.07) is 6.55. The third kappa shape index (κ3) is 4.73. The van der Waals surface area contributed by atoms with Crippen molar-refractivity contribution in [2.75, 3.05) is 33.3 Å². The Hall–Kier alpha value is -2.25. The Bertz CT molecular complexity index is 844. The second-order valence-electron chi connectivity index (χ2n) is 7.31. The summed E-state index contributed by atoms with van der Waals surface area (Å²) in [6.07, 6.45) is 0. The summed E-state index contributed by atoms with van der Waals surface area (Å²) in [6.45, 7) is 8.83.